The van der Waals surface area contributed by atoms with Gasteiger partial charge in [-0.15, -0.1) is 6.58 Å². The molecule has 0 aliphatic heterocycles. The van der Waals surface area contributed by atoms with Gasteiger partial charge in [0.15, 0.2) is 0 Å². The van der Waals surface area contributed by atoms with Crippen LogP contribution in [0.4, 0.5) is 0 Å². The van der Waals surface area contributed by atoms with Crippen molar-refractivity contribution in [2.24, 2.45) is 5.92 Å². The highest BCUT2D eigenvalue weighted by Gasteiger charge is 2.26. The molecule has 2 rings (SSSR count). The van der Waals surface area contributed by atoms with Crippen LogP contribution in [-0.4, -0.2) is 54.2 Å². The van der Waals surface area contributed by atoms with Crippen LogP contribution in [-0.2, 0) is 20.7 Å². The van der Waals surface area contributed by atoms with Crippen LogP contribution in [0.3, 0.4) is 0 Å². The summed E-state index contributed by atoms with van der Waals surface area (Å²) in [7, 11) is 0. The van der Waals surface area contributed by atoms with Crippen LogP contribution in [0.1, 0.15) is 70.1 Å². The van der Waals surface area contributed by atoms with Crippen LogP contribution >= 0.6 is 0 Å². The maximum Gasteiger partial charge on any atom is 0.329 e. The average molecular weight is 474 g/mol. The fourth-order valence-corrected chi connectivity index (χ4v) is 4.61. The Kier molecular flexibility index (Phi) is 12.0. The molecule has 0 fully saturated rings. The van der Waals surface area contributed by atoms with Crippen molar-refractivity contribution in [1.29, 1.82) is 0 Å². The maximum atomic E-state index is 10.6. The second kappa shape index (κ2) is 14.4. The topological polar surface area (TPSA) is 88.0 Å². The summed E-state index contributed by atoms with van der Waals surface area (Å²) in [4.78, 5) is 10.6. The minimum Gasteiger partial charge on any atom is -0.480 e. The molecule has 0 saturated heterocycles. The number of ether oxygens (including phenoxy) is 2. The van der Waals surface area contributed by atoms with Crippen LogP contribution in [0.2, 0.25) is 0 Å². The zero-order valence-electron chi connectivity index (χ0n) is 21.1. The van der Waals surface area contributed by atoms with Gasteiger partial charge in [0.25, 0.3) is 0 Å². The number of allylic oxidation sites excluding steroid dienone is 3. The average Bonchev–Trinajstić information content (AvgIpc) is 3.24. The molecule has 1 aliphatic rings. The molecule has 34 heavy (non-hydrogen) atoms. The Morgan fingerprint density at radius 1 is 1.32 bits per heavy atom. The Morgan fingerprint density at radius 2 is 2.09 bits per heavy atom. The van der Waals surface area contributed by atoms with E-state index >= 15 is 0 Å². The third kappa shape index (κ3) is 10.5. The van der Waals surface area contributed by atoms with Gasteiger partial charge in [0.2, 0.25) is 0 Å². The van der Waals surface area contributed by atoms with Gasteiger partial charge in [-0.3, -0.25) is 0 Å². The van der Waals surface area contributed by atoms with E-state index < -0.39 is 12.1 Å². The van der Waals surface area contributed by atoms with E-state index in [0.717, 1.165) is 36.8 Å². The van der Waals surface area contributed by atoms with Crippen LogP contribution < -0.4 is 5.32 Å². The number of nitrogens with one attached hydrogen (secondary N) is 1. The first-order chi connectivity index (χ1) is 16.2. The standard InChI is InChI=1S/C28H43NO5/c1-5-6-9-22-12-13-23(16-22)17-28(3,4)29-18-25(30)19-34-21(2)26-11-8-7-10-24(26)14-15-33-20-27(31)32/h5,7-8,10-12,21,23,25,29-30H,1,6,9,13-20H2,2-4H3,(H,31,32)/t21-,23?,25-/m1/s1. The second-order valence-corrected chi connectivity index (χ2v) is 9.99. The number of aliphatic hydroxyl groups excluding tert-OH is 1. The van der Waals surface area contributed by atoms with Gasteiger partial charge < -0.3 is 25.0 Å². The van der Waals surface area contributed by atoms with Crippen molar-refractivity contribution in [3.8, 4) is 0 Å². The first-order valence-electron chi connectivity index (χ1n) is 12.4. The number of carbonyl (C=O) groups is 1. The Bertz CT molecular complexity index is 804. The third-order valence-corrected chi connectivity index (χ3v) is 6.35. The number of carboxylic acid groups (broad SMARTS) is 1. The summed E-state index contributed by atoms with van der Waals surface area (Å²) < 4.78 is 11.2. The predicted octanol–water partition coefficient (Wildman–Crippen LogP) is 4.83. The molecule has 0 spiro atoms. The normalized spacial score (nSPS) is 17.9. The SMILES string of the molecule is C=CCCC1=CCC(CC(C)(C)NC[C@@H](O)CO[C@H](C)c2ccccc2CCOCC(=O)O)C1. The number of benzene rings is 1. The zero-order valence-corrected chi connectivity index (χ0v) is 21.1. The van der Waals surface area contributed by atoms with Crippen molar-refractivity contribution in [3.63, 3.8) is 0 Å². The molecule has 0 aromatic heterocycles. The monoisotopic (exact) mass is 473 g/mol. The highest BCUT2D eigenvalue weighted by Crippen LogP contribution is 2.33. The Balaban J connectivity index is 1.73. The molecule has 0 bridgehead atoms. The zero-order chi connectivity index (χ0) is 25.0. The summed E-state index contributed by atoms with van der Waals surface area (Å²) in [5, 5.41) is 22.7. The lowest BCUT2D eigenvalue weighted by atomic mass is 9.88. The van der Waals surface area contributed by atoms with E-state index in [-0.39, 0.29) is 24.9 Å². The van der Waals surface area contributed by atoms with E-state index in [1.54, 1.807) is 5.57 Å². The Morgan fingerprint density at radius 3 is 2.82 bits per heavy atom. The number of β-amino-alcohol motifs (C(OH)–C–C–N with tert-alkyl or cyclic N) is 1. The van der Waals surface area contributed by atoms with Crippen molar-refractivity contribution in [2.45, 2.75) is 77.0 Å². The van der Waals surface area contributed by atoms with E-state index in [4.69, 9.17) is 14.6 Å². The fourth-order valence-electron chi connectivity index (χ4n) is 4.61. The van der Waals surface area contributed by atoms with Gasteiger partial charge >= 0.3 is 5.97 Å². The lowest BCUT2D eigenvalue weighted by Crippen LogP contribution is -2.45. The molecule has 190 valence electrons. The molecule has 1 aromatic carbocycles. The molecule has 1 unspecified atom stereocenters. The van der Waals surface area contributed by atoms with E-state index in [1.165, 1.54) is 6.42 Å². The predicted molar refractivity (Wildman–Crippen MR) is 136 cm³/mol. The largest absolute Gasteiger partial charge is 0.480 e. The second-order valence-electron chi connectivity index (χ2n) is 9.99. The quantitative estimate of drug-likeness (QED) is 0.222. The Labute approximate surface area is 205 Å². The van der Waals surface area contributed by atoms with Crippen molar-refractivity contribution < 1.29 is 24.5 Å². The lowest BCUT2D eigenvalue weighted by molar-refractivity contribution is -0.142. The molecule has 1 aromatic rings. The van der Waals surface area contributed by atoms with Gasteiger partial charge in [-0.2, -0.15) is 0 Å². The van der Waals surface area contributed by atoms with Gasteiger partial charge in [-0.25, -0.2) is 4.79 Å². The van der Waals surface area contributed by atoms with Crippen molar-refractivity contribution in [1.82, 2.24) is 5.32 Å². The highest BCUT2D eigenvalue weighted by atomic mass is 16.5. The van der Waals surface area contributed by atoms with Crippen molar-refractivity contribution >= 4 is 5.97 Å². The van der Waals surface area contributed by atoms with Gasteiger partial charge in [0.05, 0.1) is 25.4 Å². The summed E-state index contributed by atoms with van der Waals surface area (Å²) in [5.74, 6) is -0.310. The van der Waals surface area contributed by atoms with E-state index in [1.807, 2.05) is 37.3 Å². The summed E-state index contributed by atoms with van der Waals surface area (Å²) in [6, 6.07) is 7.91. The molecule has 0 saturated carbocycles. The molecule has 0 amide bonds. The number of hydrogen-bond acceptors (Lipinski definition) is 5. The first kappa shape index (κ1) is 28.2. The smallest absolute Gasteiger partial charge is 0.329 e. The van der Waals surface area contributed by atoms with Gasteiger partial charge in [0, 0.05) is 12.1 Å². The minimum atomic E-state index is -0.969. The molecular formula is C28H43NO5. The molecule has 6 nitrogen and oxygen atoms in total. The number of hydrogen-bond donors (Lipinski definition) is 3. The van der Waals surface area contributed by atoms with Crippen LogP contribution in [0.15, 0.2) is 48.6 Å². The summed E-state index contributed by atoms with van der Waals surface area (Å²) in [6.45, 7) is 11.0. The molecule has 6 heteroatoms. The van der Waals surface area contributed by atoms with Gasteiger partial charge in [-0.1, -0.05) is 42.0 Å². The van der Waals surface area contributed by atoms with E-state index in [9.17, 15) is 9.90 Å². The molecule has 3 atom stereocenters. The van der Waals surface area contributed by atoms with Crippen LogP contribution in [0.25, 0.3) is 0 Å². The Hall–Kier alpha value is -1.99. The van der Waals surface area contributed by atoms with Gasteiger partial charge in [-0.05, 0) is 76.3 Å². The molecule has 1 aliphatic carbocycles. The van der Waals surface area contributed by atoms with Crippen LogP contribution in [0, 0.1) is 5.92 Å². The third-order valence-electron chi connectivity index (χ3n) is 6.35. The lowest BCUT2D eigenvalue weighted by Gasteiger charge is -2.31. The molecular weight excluding hydrogens is 430 g/mol. The van der Waals surface area contributed by atoms with Crippen molar-refractivity contribution in [2.75, 3.05) is 26.4 Å². The maximum absolute atomic E-state index is 10.6. The minimum absolute atomic E-state index is 0.0540. The summed E-state index contributed by atoms with van der Waals surface area (Å²) in [5.41, 5.74) is 3.59. The highest BCUT2D eigenvalue weighted by molar-refractivity contribution is 5.67. The fraction of sp³-hybridized carbons (Fsp3) is 0.607. The molecule has 0 radical (unpaired) electrons. The first-order valence-corrected chi connectivity index (χ1v) is 12.4. The summed E-state index contributed by atoms with van der Waals surface area (Å²) >= 11 is 0. The van der Waals surface area contributed by atoms with E-state index in [0.29, 0.717) is 25.5 Å². The molecule has 3 N–H and O–H groups in total. The number of aliphatic hydroxyl groups is 1. The number of aliphatic carboxylic acids is 1. The molecule has 0 heterocycles. The summed E-state index contributed by atoms with van der Waals surface area (Å²) in [6.07, 6.45) is 9.76. The van der Waals surface area contributed by atoms with E-state index in [2.05, 4.69) is 31.8 Å². The van der Waals surface area contributed by atoms with Crippen LogP contribution in [0.5, 0.6) is 0 Å². The number of carboxylic acids is 1. The van der Waals surface area contributed by atoms with Gasteiger partial charge in [0.1, 0.15) is 6.61 Å². The van der Waals surface area contributed by atoms with Crippen molar-refractivity contribution in [3.05, 3.63) is 59.7 Å². The number of rotatable bonds is 17.